The molecule has 0 spiro atoms. The molecule has 2 aromatic rings. The molecule has 0 amide bonds. The molecular weight excluding hydrogens is 287 g/mol. The summed E-state index contributed by atoms with van der Waals surface area (Å²) in [7, 11) is 0. The van der Waals surface area contributed by atoms with Gasteiger partial charge in [0.05, 0.1) is 4.34 Å². The highest BCUT2D eigenvalue weighted by atomic mass is 35.5. The second-order valence-corrected chi connectivity index (χ2v) is 6.76. The molecular formula is C14H10Cl2OS. The van der Waals surface area contributed by atoms with E-state index in [0.29, 0.717) is 14.2 Å². The highest BCUT2D eigenvalue weighted by Gasteiger charge is 2.29. The van der Waals surface area contributed by atoms with Gasteiger partial charge in [-0.25, -0.2) is 0 Å². The van der Waals surface area contributed by atoms with Crippen LogP contribution in [0.2, 0.25) is 8.67 Å². The molecule has 0 aliphatic heterocycles. The third kappa shape index (κ3) is 2.09. The van der Waals surface area contributed by atoms with Crippen LogP contribution in [0.25, 0.3) is 0 Å². The summed E-state index contributed by atoms with van der Waals surface area (Å²) in [5, 5.41) is 0. The van der Waals surface area contributed by atoms with Gasteiger partial charge in [-0.3, -0.25) is 4.79 Å². The Bertz CT molecular complexity index is 593. The molecule has 0 radical (unpaired) electrons. The van der Waals surface area contributed by atoms with Crippen LogP contribution in [0, 0.1) is 5.92 Å². The molecule has 0 bridgehead atoms. The monoisotopic (exact) mass is 296 g/mol. The van der Waals surface area contributed by atoms with Crippen molar-refractivity contribution in [2.24, 2.45) is 5.92 Å². The first-order chi connectivity index (χ1) is 8.65. The van der Waals surface area contributed by atoms with Crippen molar-refractivity contribution in [1.29, 1.82) is 0 Å². The molecule has 1 aromatic heterocycles. The maximum atomic E-state index is 12.4. The zero-order valence-electron chi connectivity index (χ0n) is 9.45. The molecule has 0 saturated carbocycles. The Balaban J connectivity index is 1.87. The fourth-order valence-electron chi connectivity index (χ4n) is 2.47. The van der Waals surface area contributed by atoms with E-state index in [0.717, 1.165) is 12.8 Å². The Morgan fingerprint density at radius 2 is 1.78 bits per heavy atom. The lowest BCUT2D eigenvalue weighted by Gasteiger charge is -2.06. The van der Waals surface area contributed by atoms with E-state index in [9.17, 15) is 4.79 Å². The van der Waals surface area contributed by atoms with Crippen molar-refractivity contribution in [3.05, 3.63) is 55.7 Å². The lowest BCUT2D eigenvalue weighted by molar-refractivity contribution is 0.0925. The van der Waals surface area contributed by atoms with Gasteiger partial charge in [0.25, 0.3) is 0 Å². The van der Waals surface area contributed by atoms with E-state index < -0.39 is 0 Å². The number of ketones is 1. The Hall–Kier alpha value is -0.830. The average molecular weight is 297 g/mol. The smallest absolute Gasteiger partial charge is 0.169 e. The SMILES string of the molecule is O=C(c1cc(Cl)sc1Cl)C1Cc2ccccc2C1. The van der Waals surface area contributed by atoms with Gasteiger partial charge in [0.2, 0.25) is 0 Å². The first-order valence-electron chi connectivity index (χ1n) is 5.71. The molecule has 1 aromatic carbocycles. The molecule has 4 heteroatoms. The van der Waals surface area contributed by atoms with Crippen molar-refractivity contribution in [1.82, 2.24) is 0 Å². The summed E-state index contributed by atoms with van der Waals surface area (Å²) >= 11 is 13.2. The van der Waals surface area contributed by atoms with Gasteiger partial charge in [-0.05, 0) is 30.0 Å². The average Bonchev–Trinajstić information content (AvgIpc) is 2.91. The molecule has 0 saturated heterocycles. The van der Waals surface area contributed by atoms with E-state index in [2.05, 4.69) is 12.1 Å². The first-order valence-corrected chi connectivity index (χ1v) is 7.28. The van der Waals surface area contributed by atoms with Gasteiger partial charge < -0.3 is 0 Å². The third-order valence-corrected chi connectivity index (χ3v) is 4.83. The molecule has 0 unspecified atom stereocenters. The fraction of sp³-hybridized carbons (Fsp3) is 0.214. The molecule has 1 nitrogen and oxygen atoms in total. The molecule has 1 aliphatic rings. The molecule has 1 aliphatic carbocycles. The normalized spacial score (nSPS) is 14.8. The van der Waals surface area contributed by atoms with Crippen molar-refractivity contribution in [2.45, 2.75) is 12.8 Å². The van der Waals surface area contributed by atoms with Crippen LogP contribution in [-0.2, 0) is 12.8 Å². The summed E-state index contributed by atoms with van der Waals surface area (Å²) in [6, 6.07) is 9.88. The molecule has 0 atom stereocenters. The van der Waals surface area contributed by atoms with E-state index in [1.807, 2.05) is 12.1 Å². The van der Waals surface area contributed by atoms with Crippen LogP contribution in [0.4, 0.5) is 0 Å². The highest BCUT2D eigenvalue weighted by Crippen LogP contribution is 2.35. The largest absolute Gasteiger partial charge is 0.294 e. The molecule has 3 rings (SSSR count). The van der Waals surface area contributed by atoms with Crippen LogP contribution in [0.1, 0.15) is 21.5 Å². The predicted molar refractivity (Wildman–Crippen MR) is 76.0 cm³/mol. The van der Waals surface area contributed by atoms with Gasteiger partial charge in [0.15, 0.2) is 5.78 Å². The van der Waals surface area contributed by atoms with Gasteiger partial charge in [0.1, 0.15) is 4.34 Å². The van der Waals surface area contributed by atoms with Crippen molar-refractivity contribution < 1.29 is 4.79 Å². The number of rotatable bonds is 2. The summed E-state index contributed by atoms with van der Waals surface area (Å²) in [6.07, 6.45) is 1.61. The molecule has 0 fully saturated rings. The Morgan fingerprint density at radius 3 is 2.28 bits per heavy atom. The molecule has 0 N–H and O–H groups in total. The van der Waals surface area contributed by atoms with Crippen LogP contribution in [0.5, 0.6) is 0 Å². The second-order valence-electron chi connectivity index (χ2n) is 4.48. The lowest BCUT2D eigenvalue weighted by atomic mass is 9.97. The van der Waals surface area contributed by atoms with Crippen LogP contribution >= 0.6 is 34.5 Å². The Labute approximate surface area is 119 Å². The lowest BCUT2D eigenvalue weighted by Crippen LogP contribution is -2.14. The Morgan fingerprint density at radius 1 is 1.17 bits per heavy atom. The summed E-state index contributed by atoms with van der Waals surface area (Å²) in [6.45, 7) is 0. The maximum absolute atomic E-state index is 12.4. The van der Waals surface area contributed by atoms with Crippen molar-refractivity contribution in [3.8, 4) is 0 Å². The van der Waals surface area contributed by atoms with Crippen LogP contribution < -0.4 is 0 Å². The number of fused-ring (bicyclic) bond motifs is 1. The minimum absolute atomic E-state index is 0.00515. The molecule has 1 heterocycles. The van der Waals surface area contributed by atoms with Crippen LogP contribution in [-0.4, -0.2) is 5.78 Å². The second kappa shape index (κ2) is 4.69. The quantitative estimate of drug-likeness (QED) is 0.737. The zero-order chi connectivity index (χ0) is 12.7. The molecule has 92 valence electrons. The van der Waals surface area contributed by atoms with E-state index in [-0.39, 0.29) is 11.7 Å². The van der Waals surface area contributed by atoms with E-state index in [4.69, 9.17) is 23.2 Å². The van der Waals surface area contributed by atoms with Gasteiger partial charge in [-0.15, -0.1) is 11.3 Å². The predicted octanol–water partition coefficient (Wildman–Crippen LogP) is 4.65. The number of carbonyl (C=O) groups excluding carboxylic acids is 1. The topological polar surface area (TPSA) is 17.1 Å². The number of hydrogen-bond donors (Lipinski definition) is 0. The zero-order valence-corrected chi connectivity index (χ0v) is 11.8. The van der Waals surface area contributed by atoms with Crippen molar-refractivity contribution in [2.75, 3.05) is 0 Å². The minimum atomic E-state index is 0.00515. The minimum Gasteiger partial charge on any atom is -0.294 e. The molecule has 18 heavy (non-hydrogen) atoms. The number of thiophene rings is 1. The van der Waals surface area contributed by atoms with Crippen molar-refractivity contribution in [3.63, 3.8) is 0 Å². The summed E-state index contributed by atoms with van der Waals surface area (Å²) in [5.74, 6) is 0.116. The van der Waals surface area contributed by atoms with Crippen LogP contribution in [0.3, 0.4) is 0 Å². The van der Waals surface area contributed by atoms with E-state index in [1.54, 1.807) is 6.07 Å². The van der Waals surface area contributed by atoms with Gasteiger partial charge in [0, 0.05) is 11.5 Å². The summed E-state index contributed by atoms with van der Waals surface area (Å²) in [5.41, 5.74) is 3.12. The Kier molecular flexibility index (Phi) is 3.18. The van der Waals surface area contributed by atoms with Crippen molar-refractivity contribution >= 4 is 40.3 Å². The third-order valence-electron chi connectivity index (χ3n) is 3.34. The first kappa shape index (κ1) is 12.2. The summed E-state index contributed by atoms with van der Waals surface area (Å²) < 4.78 is 1.07. The number of carbonyl (C=O) groups is 1. The van der Waals surface area contributed by atoms with Gasteiger partial charge >= 0.3 is 0 Å². The van der Waals surface area contributed by atoms with Gasteiger partial charge in [-0.1, -0.05) is 47.5 Å². The van der Waals surface area contributed by atoms with Crippen LogP contribution in [0.15, 0.2) is 30.3 Å². The van der Waals surface area contributed by atoms with Gasteiger partial charge in [-0.2, -0.15) is 0 Å². The number of benzene rings is 1. The number of halogens is 2. The van der Waals surface area contributed by atoms with E-state index >= 15 is 0 Å². The van der Waals surface area contributed by atoms with E-state index in [1.165, 1.54) is 22.5 Å². The number of Topliss-reactive ketones (excluding diaryl/α,β-unsaturated/α-hetero) is 1. The standard InChI is InChI=1S/C14H10Cl2OS/c15-12-7-11(14(16)18-12)13(17)10-5-8-3-1-2-4-9(8)6-10/h1-4,7,10H,5-6H2. The maximum Gasteiger partial charge on any atom is 0.169 e. The summed E-state index contributed by atoms with van der Waals surface area (Å²) in [4.78, 5) is 12.4. The number of hydrogen-bond acceptors (Lipinski definition) is 2. The highest BCUT2D eigenvalue weighted by molar-refractivity contribution is 7.20. The fourth-order valence-corrected chi connectivity index (χ4v) is 3.95.